The van der Waals surface area contributed by atoms with Gasteiger partial charge in [0.2, 0.25) is 5.91 Å². The second-order valence-corrected chi connectivity index (χ2v) is 5.09. The smallest absolute Gasteiger partial charge is 0.228 e. The number of ether oxygens (including phenoxy) is 3. The minimum atomic E-state index is -1.21. The molecule has 1 aliphatic heterocycles. The van der Waals surface area contributed by atoms with Crippen LogP contribution in [0.25, 0.3) is 0 Å². The van der Waals surface area contributed by atoms with Gasteiger partial charge >= 0.3 is 0 Å². The lowest BCUT2D eigenvalue weighted by atomic mass is 9.66. The highest BCUT2D eigenvalue weighted by atomic mass is 19.1. The largest absolute Gasteiger partial charge is 0.381 e. The first-order chi connectivity index (χ1) is 10.1. The molecule has 0 bridgehead atoms. The average molecular weight is 297 g/mol. The number of amides is 1. The zero-order valence-corrected chi connectivity index (χ0v) is 12.2. The van der Waals surface area contributed by atoms with Crippen LogP contribution in [-0.4, -0.2) is 39.6 Å². The van der Waals surface area contributed by atoms with Crippen molar-refractivity contribution in [3.8, 4) is 0 Å². The van der Waals surface area contributed by atoms with Crippen molar-refractivity contribution in [2.75, 3.05) is 27.4 Å². The lowest BCUT2D eigenvalue weighted by molar-refractivity contribution is -0.188. The lowest BCUT2D eigenvalue weighted by Crippen LogP contribution is -2.57. The average Bonchev–Trinajstić information content (AvgIpc) is 2.49. The second kappa shape index (κ2) is 6.51. The van der Waals surface area contributed by atoms with Crippen LogP contribution in [0.15, 0.2) is 24.3 Å². The van der Waals surface area contributed by atoms with Crippen LogP contribution in [0.2, 0.25) is 0 Å². The Labute approximate surface area is 123 Å². The summed E-state index contributed by atoms with van der Waals surface area (Å²) in [6.45, 7) is 0.539. The van der Waals surface area contributed by atoms with Crippen LogP contribution in [0.5, 0.6) is 0 Å². The van der Waals surface area contributed by atoms with Crippen molar-refractivity contribution >= 4 is 5.91 Å². The fourth-order valence-corrected chi connectivity index (χ4v) is 3.10. The number of nitrogens with two attached hydrogens (primary N) is 1. The minimum Gasteiger partial charge on any atom is -0.381 e. The Balaban J connectivity index is 2.57. The lowest BCUT2D eigenvalue weighted by Gasteiger charge is -2.44. The summed E-state index contributed by atoms with van der Waals surface area (Å²) in [5.74, 6) is -1.58. The fourth-order valence-electron chi connectivity index (χ4n) is 3.10. The fraction of sp³-hybridized carbons (Fsp3) is 0.533. The molecule has 2 atom stereocenters. The quantitative estimate of drug-likeness (QED) is 0.829. The molecule has 0 spiro atoms. The minimum absolute atomic E-state index is 0.212. The summed E-state index contributed by atoms with van der Waals surface area (Å²) >= 11 is 0. The highest BCUT2D eigenvalue weighted by Gasteiger charge is 2.52. The zero-order valence-electron chi connectivity index (χ0n) is 12.2. The van der Waals surface area contributed by atoms with Gasteiger partial charge in [-0.05, 0) is 12.5 Å². The highest BCUT2D eigenvalue weighted by molar-refractivity contribution is 5.87. The number of halogens is 1. The molecular weight excluding hydrogens is 277 g/mol. The van der Waals surface area contributed by atoms with Crippen molar-refractivity contribution in [3.05, 3.63) is 35.6 Å². The third kappa shape index (κ3) is 2.66. The SMILES string of the molecule is COC(OC)[C@H]1COCC[C@@]1(C(N)=O)c1ccccc1F. The van der Waals surface area contributed by atoms with Crippen LogP contribution in [0.4, 0.5) is 4.39 Å². The topological polar surface area (TPSA) is 70.8 Å². The third-order valence-corrected chi connectivity index (χ3v) is 4.16. The van der Waals surface area contributed by atoms with Crippen LogP contribution >= 0.6 is 0 Å². The summed E-state index contributed by atoms with van der Waals surface area (Å²) in [5, 5.41) is 0. The molecular formula is C15H20FNO4. The van der Waals surface area contributed by atoms with Crippen LogP contribution < -0.4 is 5.73 Å². The third-order valence-electron chi connectivity index (χ3n) is 4.16. The van der Waals surface area contributed by atoms with E-state index in [0.717, 1.165) is 0 Å². The van der Waals surface area contributed by atoms with Crippen molar-refractivity contribution in [1.29, 1.82) is 0 Å². The van der Waals surface area contributed by atoms with E-state index in [2.05, 4.69) is 0 Å². The van der Waals surface area contributed by atoms with E-state index in [1.165, 1.54) is 20.3 Å². The molecule has 116 valence electrons. The monoisotopic (exact) mass is 297 g/mol. The molecule has 1 amide bonds. The first kappa shape index (κ1) is 15.9. The number of methoxy groups -OCH3 is 2. The summed E-state index contributed by atoms with van der Waals surface area (Å²) < 4.78 is 30.3. The predicted molar refractivity (Wildman–Crippen MR) is 74.0 cm³/mol. The van der Waals surface area contributed by atoms with Gasteiger partial charge in [0.05, 0.1) is 17.9 Å². The number of carbonyl (C=O) groups excluding carboxylic acids is 1. The first-order valence-electron chi connectivity index (χ1n) is 6.76. The molecule has 21 heavy (non-hydrogen) atoms. The summed E-state index contributed by atoms with van der Waals surface area (Å²) in [4.78, 5) is 12.3. The first-order valence-corrected chi connectivity index (χ1v) is 6.76. The van der Waals surface area contributed by atoms with Crippen molar-refractivity contribution < 1.29 is 23.4 Å². The normalized spacial score (nSPS) is 26.0. The van der Waals surface area contributed by atoms with Gasteiger partial charge in [0.25, 0.3) is 0 Å². The standard InChI is InChI=1S/C15H20FNO4/c1-19-13(20-2)11-9-21-8-7-15(11,14(17)18)10-5-3-4-6-12(10)16/h3-6,11,13H,7-9H2,1-2H3,(H2,17,18)/t11-,15-/m1/s1. The van der Waals surface area contributed by atoms with Gasteiger partial charge < -0.3 is 19.9 Å². The summed E-state index contributed by atoms with van der Waals surface area (Å²) in [6.07, 6.45) is -0.422. The van der Waals surface area contributed by atoms with E-state index in [9.17, 15) is 9.18 Å². The molecule has 1 heterocycles. The van der Waals surface area contributed by atoms with Gasteiger partial charge in [-0.3, -0.25) is 4.79 Å². The molecule has 0 aliphatic carbocycles. The molecule has 5 nitrogen and oxygen atoms in total. The predicted octanol–water partition coefficient (Wildman–Crippen LogP) is 1.20. The van der Waals surface area contributed by atoms with E-state index in [-0.39, 0.29) is 18.6 Å². The molecule has 1 saturated heterocycles. The van der Waals surface area contributed by atoms with Crippen LogP contribution in [0.3, 0.4) is 0 Å². The Hall–Kier alpha value is -1.50. The number of benzene rings is 1. The van der Waals surface area contributed by atoms with Gasteiger partial charge in [0, 0.05) is 26.4 Å². The summed E-state index contributed by atoms with van der Waals surface area (Å²) in [7, 11) is 2.94. The van der Waals surface area contributed by atoms with Gasteiger partial charge in [-0.15, -0.1) is 0 Å². The van der Waals surface area contributed by atoms with Crippen LogP contribution in [-0.2, 0) is 24.4 Å². The van der Waals surface area contributed by atoms with E-state index in [1.54, 1.807) is 18.2 Å². The number of primary amides is 1. The second-order valence-electron chi connectivity index (χ2n) is 5.09. The molecule has 1 aromatic rings. The molecule has 1 aromatic carbocycles. The molecule has 6 heteroatoms. The maximum absolute atomic E-state index is 14.3. The van der Waals surface area contributed by atoms with E-state index in [4.69, 9.17) is 19.9 Å². The van der Waals surface area contributed by atoms with E-state index < -0.39 is 29.3 Å². The Morgan fingerprint density at radius 2 is 2.10 bits per heavy atom. The van der Waals surface area contributed by atoms with Crippen molar-refractivity contribution in [3.63, 3.8) is 0 Å². The molecule has 0 unspecified atom stereocenters. The number of rotatable bonds is 5. The van der Waals surface area contributed by atoms with E-state index in [0.29, 0.717) is 6.61 Å². The maximum atomic E-state index is 14.3. The van der Waals surface area contributed by atoms with Gasteiger partial charge in [-0.1, -0.05) is 18.2 Å². The number of carbonyl (C=O) groups is 1. The molecule has 0 saturated carbocycles. The van der Waals surface area contributed by atoms with Gasteiger partial charge in [-0.25, -0.2) is 4.39 Å². The molecule has 1 fully saturated rings. The van der Waals surface area contributed by atoms with Gasteiger partial charge in [0.1, 0.15) is 5.82 Å². The Morgan fingerprint density at radius 1 is 1.43 bits per heavy atom. The molecule has 0 radical (unpaired) electrons. The maximum Gasteiger partial charge on any atom is 0.228 e. The van der Waals surface area contributed by atoms with Crippen molar-refractivity contribution in [1.82, 2.24) is 0 Å². The molecule has 2 rings (SSSR count). The van der Waals surface area contributed by atoms with E-state index in [1.807, 2.05) is 0 Å². The number of hydrogen-bond acceptors (Lipinski definition) is 4. The van der Waals surface area contributed by atoms with Gasteiger partial charge in [-0.2, -0.15) is 0 Å². The Morgan fingerprint density at radius 3 is 2.67 bits per heavy atom. The van der Waals surface area contributed by atoms with Crippen LogP contribution in [0, 0.1) is 11.7 Å². The zero-order chi connectivity index (χ0) is 15.5. The Bertz CT molecular complexity index is 506. The molecule has 1 aliphatic rings. The van der Waals surface area contributed by atoms with E-state index >= 15 is 0 Å². The molecule has 2 N–H and O–H groups in total. The molecule has 0 aromatic heterocycles. The number of hydrogen-bond donors (Lipinski definition) is 1. The highest BCUT2D eigenvalue weighted by Crippen LogP contribution is 2.42. The Kier molecular flexibility index (Phi) is 4.92. The van der Waals surface area contributed by atoms with Crippen molar-refractivity contribution in [2.24, 2.45) is 11.7 Å². The summed E-state index contributed by atoms with van der Waals surface area (Å²) in [6, 6.07) is 6.16. The van der Waals surface area contributed by atoms with Crippen LogP contribution in [0.1, 0.15) is 12.0 Å². The summed E-state index contributed by atoms with van der Waals surface area (Å²) in [5.41, 5.74) is 4.73. The van der Waals surface area contributed by atoms with Crippen molar-refractivity contribution in [2.45, 2.75) is 18.1 Å². The van der Waals surface area contributed by atoms with Gasteiger partial charge in [0.15, 0.2) is 6.29 Å².